The van der Waals surface area contributed by atoms with Gasteiger partial charge in [0.05, 0.1) is 11.4 Å². The van der Waals surface area contributed by atoms with E-state index in [9.17, 15) is 27.6 Å². The average molecular weight is 527 g/mol. The number of benzene rings is 1. The monoisotopic (exact) mass is 526 g/mol. The Labute approximate surface area is 209 Å². The lowest BCUT2D eigenvalue weighted by Gasteiger charge is -2.35. The van der Waals surface area contributed by atoms with Crippen LogP contribution in [0.4, 0.5) is 18.0 Å². The first-order chi connectivity index (χ1) is 17.2. The Morgan fingerprint density at radius 2 is 1.81 bits per heavy atom. The summed E-state index contributed by atoms with van der Waals surface area (Å²) in [7, 11) is 0. The molecule has 13 heteroatoms. The second-order valence-corrected chi connectivity index (χ2v) is 9.47. The molecule has 2 aliphatic heterocycles. The number of rotatable bonds is 8. The Kier molecular flexibility index (Phi) is 7.99. The van der Waals surface area contributed by atoms with Crippen molar-refractivity contribution in [2.45, 2.75) is 19.5 Å². The number of carbonyl (C=O) groups is 3. The number of nitrogens with zero attached hydrogens (tertiary/aromatic N) is 3. The van der Waals surface area contributed by atoms with Crippen LogP contribution in [0, 0.1) is 0 Å². The molecule has 36 heavy (non-hydrogen) atoms. The van der Waals surface area contributed by atoms with E-state index in [0.29, 0.717) is 50.8 Å². The summed E-state index contributed by atoms with van der Waals surface area (Å²) in [4.78, 5) is 43.2. The molecule has 0 spiro atoms. The van der Waals surface area contributed by atoms with Gasteiger partial charge in [-0.05, 0) is 18.2 Å². The summed E-state index contributed by atoms with van der Waals surface area (Å²) in [6, 6.07) is 9.19. The van der Waals surface area contributed by atoms with E-state index in [1.54, 1.807) is 17.0 Å². The molecule has 9 nitrogen and oxygen atoms in total. The van der Waals surface area contributed by atoms with Crippen molar-refractivity contribution in [2.75, 3.05) is 45.9 Å². The molecule has 2 fully saturated rings. The summed E-state index contributed by atoms with van der Waals surface area (Å²) < 4.78 is 46.6. The normalized spacial score (nSPS) is 16.7. The van der Waals surface area contributed by atoms with Gasteiger partial charge in [0.25, 0.3) is 5.91 Å². The minimum atomic E-state index is -4.82. The number of thiophene rings is 1. The average Bonchev–Trinajstić information content (AvgIpc) is 3.47. The number of cyclic esters (lactones) is 1. The van der Waals surface area contributed by atoms with Crippen molar-refractivity contribution in [3.8, 4) is 5.75 Å². The van der Waals surface area contributed by atoms with Crippen LogP contribution in [-0.2, 0) is 22.6 Å². The van der Waals surface area contributed by atoms with E-state index in [1.165, 1.54) is 34.4 Å². The van der Waals surface area contributed by atoms with Crippen LogP contribution in [0.1, 0.15) is 20.1 Å². The second-order valence-electron chi connectivity index (χ2n) is 8.30. The summed E-state index contributed by atoms with van der Waals surface area (Å²) in [6.07, 6.45) is -5.28. The van der Waals surface area contributed by atoms with Crippen LogP contribution in [0.5, 0.6) is 5.75 Å². The number of amides is 3. The SMILES string of the molecule is O=C(NCc1ccccc1OC(F)(F)F)c1ccc(CN2CCN(C(=O)CN3CCOC3=O)CC2)s1. The molecule has 2 saturated heterocycles. The van der Waals surface area contributed by atoms with Gasteiger partial charge in [-0.3, -0.25) is 19.4 Å². The van der Waals surface area contributed by atoms with Crippen LogP contribution < -0.4 is 10.1 Å². The molecule has 0 bridgehead atoms. The van der Waals surface area contributed by atoms with Crippen molar-refractivity contribution in [2.24, 2.45) is 0 Å². The van der Waals surface area contributed by atoms with Crippen molar-refractivity contribution in [3.05, 3.63) is 51.7 Å². The third-order valence-corrected chi connectivity index (χ3v) is 6.87. The molecule has 0 radical (unpaired) electrons. The van der Waals surface area contributed by atoms with E-state index < -0.39 is 12.5 Å². The lowest BCUT2D eigenvalue weighted by atomic mass is 10.2. The van der Waals surface area contributed by atoms with Crippen LogP contribution in [0.15, 0.2) is 36.4 Å². The van der Waals surface area contributed by atoms with E-state index in [0.717, 1.165) is 4.88 Å². The van der Waals surface area contributed by atoms with Crippen LogP contribution in [0.2, 0.25) is 0 Å². The largest absolute Gasteiger partial charge is 0.573 e. The molecule has 0 saturated carbocycles. The van der Waals surface area contributed by atoms with Crippen molar-refractivity contribution in [3.63, 3.8) is 0 Å². The molecular weight excluding hydrogens is 501 g/mol. The fourth-order valence-electron chi connectivity index (χ4n) is 3.93. The third kappa shape index (κ3) is 6.88. The van der Waals surface area contributed by atoms with Crippen molar-refractivity contribution in [1.82, 2.24) is 20.0 Å². The van der Waals surface area contributed by atoms with Crippen LogP contribution in [0.25, 0.3) is 0 Å². The maximum atomic E-state index is 12.6. The first-order valence-electron chi connectivity index (χ1n) is 11.3. The predicted octanol–water partition coefficient (Wildman–Crippen LogP) is 2.67. The Bertz CT molecular complexity index is 1100. The number of piperazine rings is 1. The van der Waals surface area contributed by atoms with E-state index in [4.69, 9.17) is 4.74 Å². The van der Waals surface area contributed by atoms with Gasteiger partial charge in [-0.1, -0.05) is 18.2 Å². The minimum Gasteiger partial charge on any atom is -0.448 e. The number of hydrogen-bond acceptors (Lipinski definition) is 7. The zero-order valence-electron chi connectivity index (χ0n) is 19.3. The van der Waals surface area contributed by atoms with Gasteiger partial charge < -0.3 is 19.7 Å². The van der Waals surface area contributed by atoms with Gasteiger partial charge in [0.2, 0.25) is 5.91 Å². The van der Waals surface area contributed by atoms with Gasteiger partial charge in [-0.2, -0.15) is 0 Å². The van der Waals surface area contributed by atoms with Crippen molar-refractivity contribution < 1.29 is 37.0 Å². The minimum absolute atomic E-state index is 0.0229. The second kappa shape index (κ2) is 11.2. The van der Waals surface area contributed by atoms with Crippen molar-refractivity contribution in [1.29, 1.82) is 0 Å². The van der Waals surface area contributed by atoms with Gasteiger partial charge in [-0.25, -0.2) is 4.79 Å². The number of halogens is 3. The first-order valence-corrected chi connectivity index (χ1v) is 12.1. The highest BCUT2D eigenvalue weighted by Gasteiger charge is 2.32. The lowest BCUT2D eigenvalue weighted by molar-refractivity contribution is -0.274. The molecule has 2 aromatic rings. The van der Waals surface area contributed by atoms with Crippen LogP contribution >= 0.6 is 11.3 Å². The zero-order valence-corrected chi connectivity index (χ0v) is 20.1. The Morgan fingerprint density at radius 3 is 2.50 bits per heavy atom. The zero-order chi connectivity index (χ0) is 25.7. The van der Waals surface area contributed by atoms with E-state index in [-0.39, 0.29) is 36.2 Å². The smallest absolute Gasteiger partial charge is 0.448 e. The number of carbonyl (C=O) groups excluding carboxylic acids is 3. The first kappa shape index (κ1) is 25.8. The molecule has 0 atom stereocenters. The summed E-state index contributed by atoms with van der Waals surface area (Å²) >= 11 is 1.31. The summed E-state index contributed by atoms with van der Waals surface area (Å²) in [5.41, 5.74) is 0.217. The van der Waals surface area contributed by atoms with Gasteiger partial charge in [0.1, 0.15) is 18.9 Å². The number of alkyl halides is 3. The van der Waals surface area contributed by atoms with Crippen molar-refractivity contribution >= 4 is 29.2 Å². The number of ether oxygens (including phenoxy) is 2. The van der Waals surface area contributed by atoms with Gasteiger partial charge in [0, 0.05) is 49.7 Å². The Balaban J connectivity index is 1.23. The lowest BCUT2D eigenvalue weighted by Crippen LogP contribution is -2.50. The van der Waals surface area contributed by atoms with Gasteiger partial charge >= 0.3 is 12.5 Å². The third-order valence-electron chi connectivity index (χ3n) is 5.80. The highest BCUT2D eigenvalue weighted by Crippen LogP contribution is 2.26. The summed E-state index contributed by atoms with van der Waals surface area (Å²) in [5, 5.41) is 2.64. The maximum absolute atomic E-state index is 12.6. The molecule has 1 aromatic carbocycles. The highest BCUT2D eigenvalue weighted by molar-refractivity contribution is 7.14. The molecule has 2 aliphatic rings. The molecule has 3 amide bonds. The molecule has 194 valence electrons. The van der Waals surface area contributed by atoms with E-state index in [1.807, 2.05) is 6.07 Å². The summed E-state index contributed by atoms with van der Waals surface area (Å²) in [6.45, 7) is 3.66. The topological polar surface area (TPSA) is 91.4 Å². The molecule has 1 aromatic heterocycles. The van der Waals surface area contributed by atoms with Crippen LogP contribution in [0.3, 0.4) is 0 Å². The molecule has 1 N–H and O–H groups in total. The molecule has 0 aliphatic carbocycles. The Hall–Kier alpha value is -3.32. The Morgan fingerprint density at radius 1 is 1.06 bits per heavy atom. The number of para-hydroxylation sites is 1. The number of nitrogens with one attached hydrogen (secondary N) is 1. The number of hydrogen-bond donors (Lipinski definition) is 1. The quantitative estimate of drug-likeness (QED) is 0.569. The standard InChI is InChI=1S/C23H25F3N4O5S/c24-23(25,26)35-18-4-2-1-3-16(18)13-27-21(32)19-6-5-17(36-19)14-28-7-9-29(10-8-28)20(31)15-30-11-12-34-22(30)33/h1-6H,7-15H2,(H,27,32). The maximum Gasteiger partial charge on any atom is 0.573 e. The highest BCUT2D eigenvalue weighted by atomic mass is 32.1. The van der Waals surface area contributed by atoms with Gasteiger partial charge in [-0.15, -0.1) is 24.5 Å². The summed E-state index contributed by atoms with van der Waals surface area (Å²) in [5.74, 6) is -0.843. The molecule has 4 rings (SSSR count). The molecular formula is C23H25F3N4O5S. The fraction of sp³-hybridized carbons (Fsp3) is 0.435. The van der Waals surface area contributed by atoms with E-state index >= 15 is 0 Å². The molecule has 0 unspecified atom stereocenters. The van der Waals surface area contributed by atoms with E-state index in [2.05, 4.69) is 15.0 Å². The predicted molar refractivity (Wildman–Crippen MR) is 123 cm³/mol. The fourth-order valence-corrected chi connectivity index (χ4v) is 4.90. The van der Waals surface area contributed by atoms with Gasteiger partial charge in [0.15, 0.2) is 0 Å². The van der Waals surface area contributed by atoms with Crippen LogP contribution in [-0.4, -0.2) is 84.8 Å². The molecule has 3 heterocycles.